The molecule has 4 nitrogen and oxygen atoms in total. The molecular formula is C17H32N2O2. The Labute approximate surface area is 129 Å². The van der Waals surface area contributed by atoms with Crippen LogP contribution in [0.15, 0.2) is 0 Å². The molecule has 21 heavy (non-hydrogen) atoms. The lowest BCUT2D eigenvalue weighted by Gasteiger charge is -2.33. The summed E-state index contributed by atoms with van der Waals surface area (Å²) in [4.78, 5) is 4.69. The van der Waals surface area contributed by atoms with Gasteiger partial charge in [0.1, 0.15) is 0 Å². The van der Waals surface area contributed by atoms with Gasteiger partial charge in [-0.05, 0) is 50.5 Å². The summed E-state index contributed by atoms with van der Waals surface area (Å²) in [7, 11) is 2.16. The van der Waals surface area contributed by atoms with E-state index < -0.39 is 0 Å². The normalized spacial score (nSPS) is 35.4. The van der Waals surface area contributed by atoms with E-state index in [2.05, 4.69) is 16.8 Å². The highest BCUT2D eigenvalue weighted by molar-refractivity contribution is 4.89. The average molecular weight is 296 g/mol. The monoisotopic (exact) mass is 296 g/mol. The summed E-state index contributed by atoms with van der Waals surface area (Å²) in [5, 5.41) is 10.1. The number of likely N-dealkylation sites (N-methyl/N-ethyl adjacent to an activating group) is 1. The standard InChI is InChI=1S/C17H32N2O2/c1-18-5-7-19(8-6-18)12-17(20)13-21-9-4-16-11-14-2-3-15(16)10-14/h14-17,20H,2-13H2,1H3/t14-,15-,16+,17+/m0/s1. The topological polar surface area (TPSA) is 35.9 Å². The first-order valence-corrected chi connectivity index (χ1v) is 8.87. The fourth-order valence-corrected chi connectivity index (χ4v) is 4.57. The third-order valence-corrected chi connectivity index (χ3v) is 5.89. The summed E-state index contributed by atoms with van der Waals surface area (Å²) in [6.45, 7) is 6.47. The molecule has 0 aromatic rings. The molecule has 0 unspecified atom stereocenters. The number of rotatable bonds is 7. The predicted octanol–water partition coefficient (Wildman–Crippen LogP) is 1.44. The van der Waals surface area contributed by atoms with E-state index >= 15 is 0 Å². The van der Waals surface area contributed by atoms with Crippen LogP contribution >= 0.6 is 0 Å². The lowest BCUT2D eigenvalue weighted by Crippen LogP contribution is -2.47. The van der Waals surface area contributed by atoms with Gasteiger partial charge in [-0.25, -0.2) is 0 Å². The van der Waals surface area contributed by atoms with Crippen molar-refractivity contribution in [3.63, 3.8) is 0 Å². The zero-order chi connectivity index (χ0) is 14.7. The van der Waals surface area contributed by atoms with Gasteiger partial charge in [0.15, 0.2) is 0 Å². The maximum Gasteiger partial charge on any atom is 0.0900 e. The second-order valence-corrected chi connectivity index (χ2v) is 7.56. The Bertz CT molecular complexity index is 318. The molecule has 4 atom stereocenters. The van der Waals surface area contributed by atoms with Gasteiger partial charge < -0.3 is 14.7 Å². The van der Waals surface area contributed by atoms with Crippen molar-refractivity contribution in [3.05, 3.63) is 0 Å². The third kappa shape index (κ3) is 4.41. The average Bonchev–Trinajstić information content (AvgIpc) is 3.09. The van der Waals surface area contributed by atoms with Gasteiger partial charge in [-0.3, -0.25) is 4.90 Å². The second kappa shape index (κ2) is 7.40. The van der Waals surface area contributed by atoms with Crippen molar-refractivity contribution in [2.24, 2.45) is 17.8 Å². The summed E-state index contributed by atoms with van der Waals surface area (Å²) in [5.74, 6) is 2.94. The quantitative estimate of drug-likeness (QED) is 0.721. The first kappa shape index (κ1) is 15.7. The molecule has 0 aromatic heterocycles. The smallest absolute Gasteiger partial charge is 0.0900 e. The van der Waals surface area contributed by atoms with Crippen LogP contribution < -0.4 is 0 Å². The fourth-order valence-electron chi connectivity index (χ4n) is 4.57. The summed E-state index contributed by atoms with van der Waals surface area (Å²) < 4.78 is 5.74. The van der Waals surface area contributed by atoms with Crippen LogP contribution in [0.4, 0.5) is 0 Å². The van der Waals surface area contributed by atoms with E-state index in [-0.39, 0.29) is 6.10 Å². The first-order chi connectivity index (χ1) is 10.2. The number of β-amino-alcohol motifs (C(OH)–C–C–N with tert-alkyl or cyclic N) is 1. The molecule has 3 aliphatic rings. The van der Waals surface area contributed by atoms with Crippen LogP contribution in [-0.4, -0.2) is 74.0 Å². The summed E-state index contributed by atoms with van der Waals surface area (Å²) in [6.07, 6.45) is 6.75. The van der Waals surface area contributed by atoms with E-state index in [1.165, 1.54) is 32.1 Å². The van der Waals surface area contributed by atoms with E-state index in [0.29, 0.717) is 6.61 Å². The van der Waals surface area contributed by atoms with Gasteiger partial charge in [0, 0.05) is 39.3 Å². The highest BCUT2D eigenvalue weighted by Gasteiger charge is 2.38. The van der Waals surface area contributed by atoms with Crippen molar-refractivity contribution >= 4 is 0 Å². The lowest BCUT2D eigenvalue weighted by molar-refractivity contribution is 0.00395. The van der Waals surface area contributed by atoms with Gasteiger partial charge in [0.25, 0.3) is 0 Å². The highest BCUT2D eigenvalue weighted by atomic mass is 16.5. The van der Waals surface area contributed by atoms with Crippen LogP contribution in [0.25, 0.3) is 0 Å². The maximum atomic E-state index is 10.1. The van der Waals surface area contributed by atoms with Crippen molar-refractivity contribution in [3.8, 4) is 0 Å². The maximum absolute atomic E-state index is 10.1. The Morgan fingerprint density at radius 3 is 2.62 bits per heavy atom. The molecule has 0 aromatic carbocycles. The number of nitrogens with zero attached hydrogens (tertiary/aromatic N) is 2. The van der Waals surface area contributed by atoms with Crippen LogP contribution in [0.3, 0.4) is 0 Å². The predicted molar refractivity (Wildman–Crippen MR) is 84.3 cm³/mol. The molecule has 2 aliphatic carbocycles. The summed E-state index contributed by atoms with van der Waals surface area (Å²) in [5.41, 5.74) is 0. The minimum absolute atomic E-state index is 0.326. The Morgan fingerprint density at radius 1 is 1.14 bits per heavy atom. The third-order valence-electron chi connectivity index (χ3n) is 5.89. The largest absolute Gasteiger partial charge is 0.389 e. The molecule has 2 saturated carbocycles. The Kier molecular flexibility index (Phi) is 5.54. The van der Waals surface area contributed by atoms with E-state index in [1.54, 1.807) is 0 Å². The molecule has 122 valence electrons. The van der Waals surface area contributed by atoms with E-state index in [1.807, 2.05) is 0 Å². The van der Waals surface area contributed by atoms with Crippen molar-refractivity contribution in [1.29, 1.82) is 0 Å². The number of fused-ring (bicyclic) bond motifs is 2. The highest BCUT2D eigenvalue weighted by Crippen LogP contribution is 2.49. The molecule has 3 fully saturated rings. The zero-order valence-corrected chi connectivity index (χ0v) is 13.5. The Balaban J connectivity index is 1.24. The van der Waals surface area contributed by atoms with Crippen molar-refractivity contribution < 1.29 is 9.84 Å². The van der Waals surface area contributed by atoms with Gasteiger partial charge in [-0.1, -0.05) is 6.42 Å². The molecule has 0 spiro atoms. The molecule has 0 radical (unpaired) electrons. The second-order valence-electron chi connectivity index (χ2n) is 7.56. The molecule has 1 aliphatic heterocycles. The van der Waals surface area contributed by atoms with Gasteiger partial charge >= 0.3 is 0 Å². The summed E-state index contributed by atoms with van der Waals surface area (Å²) >= 11 is 0. The van der Waals surface area contributed by atoms with Crippen molar-refractivity contribution in [1.82, 2.24) is 9.80 Å². The number of aliphatic hydroxyl groups is 1. The number of piperazine rings is 1. The van der Waals surface area contributed by atoms with Crippen LogP contribution in [0.1, 0.15) is 32.1 Å². The zero-order valence-electron chi connectivity index (χ0n) is 13.5. The molecule has 1 saturated heterocycles. The molecule has 2 bridgehead atoms. The molecular weight excluding hydrogens is 264 g/mol. The Morgan fingerprint density at radius 2 is 1.95 bits per heavy atom. The van der Waals surface area contributed by atoms with E-state index in [4.69, 9.17) is 4.74 Å². The van der Waals surface area contributed by atoms with E-state index in [0.717, 1.165) is 57.1 Å². The molecule has 1 N–H and O–H groups in total. The molecule has 0 amide bonds. The molecule has 4 heteroatoms. The van der Waals surface area contributed by atoms with Crippen LogP contribution in [0.2, 0.25) is 0 Å². The van der Waals surface area contributed by atoms with Crippen LogP contribution in [-0.2, 0) is 4.74 Å². The van der Waals surface area contributed by atoms with Crippen LogP contribution in [0, 0.1) is 17.8 Å². The first-order valence-electron chi connectivity index (χ1n) is 8.87. The number of hydrogen-bond donors (Lipinski definition) is 1. The fraction of sp³-hybridized carbons (Fsp3) is 1.00. The Hall–Kier alpha value is -0.160. The van der Waals surface area contributed by atoms with Gasteiger partial charge in [-0.2, -0.15) is 0 Å². The number of hydrogen-bond acceptors (Lipinski definition) is 4. The van der Waals surface area contributed by atoms with Gasteiger partial charge in [-0.15, -0.1) is 0 Å². The van der Waals surface area contributed by atoms with E-state index in [9.17, 15) is 5.11 Å². The number of aliphatic hydroxyl groups excluding tert-OH is 1. The van der Waals surface area contributed by atoms with Gasteiger partial charge in [0.05, 0.1) is 12.7 Å². The molecule has 3 rings (SSSR count). The van der Waals surface area contributed by atoms with Crippen LogP contribution in [0.5, 0.6) is 0 Å². The lowest BCUT2D eigenvalue weighted by atomic mass is 9.87. The van der Waals surface area contributed by atoms with Gasteiger partial charge in [0.2, 0.25) is 0 Å². The van der Waals surface area contributed by atoms with Crippen molar-refractivity contribution in [2.45, 2.75) is 38.2 Å². The minimum atomic E-state index is -0.326. The number of ether oxygens (including phenoxy) is 1. The SMILES string of the molecule is CN1CCN(C[C@@H](O)COCC[C@@H]2C[C@H]3CC[C@H]2C3)CC1. The molecule has 1 heterocycles. The summed E-state index contributed by atoms with van der Waals surface area (Å²) in [6, 6.07) is 0. The van der Waals surface area contributed by atoms with Crippen molar-refractivity contribution in [2.75, 3.05) is 53.0 Å². The minimum Gasteiger partial charge on any atom is -0.389 e.